The van der Waals surface area contributed by atoms with Crippen LogP contribution in [0.5, 0.6) is 0 Å². The summed E-state index contributed by atoms with van der Waals surface area (Å²) in [5.41, 5.74) is 0.181. The molecule has 0 amide bonds. The van der Waals surface area contributed by atoms with Gasteiger partial charge in [-0.2, -0.15) is 0 Å². The molecule has 0 N–H and O–H groups in total. The summed E-state index contributed by atoms with van der Waals surface area (Å²) in [7, 11) is -3.82. The van der Waals surface area contributed by atoms with Crippen molar-refractivity contribution < 1.29 is 13.2 Å². The third-order valence-corrected chi connectivity index (χ3v) is 5.58. The average Bonchev–Trinajstić information content (AvgIpc) is 2.41. The number of sulfone groups is 1. The van der Waals surface area contributed by atoms with E-state index < -0.39 is 21.4 Å². The maximum Gasteiger partial charge on any atom is 0.187 e. The first-order valence-corrected chi connectivity index (χ1v) is 8.55. The fourth-order valence-corrected chi connectivity index (χ4v) is 3.81. The first kappa shape index (κ1) is 16.3. The van der Waals surface area contributed by atoms with Crippen molar-refractivity contribution in [1.82, 2.24) is 0 Å². The van der Waals surface area contributed by atoms with Gasteiger partial charge in [0.1, 0.15) is 5.75 Å². The minimum Gasteiger partial charge on any atom is -0.293 e. The van der Waals surface area contributed by atoms with Crippen LogP contribution in [0, 0.1) is 0 Å². The number of ketones is 1. The summed E-state index contributed by atoms with van der Waals surface area (Å²) in [6.07, 6.45) is 0. The molecule has 0 atom stereocenters. The fraction of sp³-hybridized carbons (Fsp3) is 0.0714. The van der Waals surface area contributed by atoms with Crippen LogP contribution in [0.1, 0.15) is 10.4 Å². The molecule has 110 valence electrons. The van der Waals surface area contributed by atoms with E-state index in [1.165, 1.54) is 30.3 Å². The second kappa shape index (κ2) is 6.36. The van der Waals surface area contributed by atoms with Crippen LogP contribution in [0.4, 0.5) is 0 Å². The smallest absolute Gasteiger partial charge is 0.187 e. The van der Waals surface area contributed by atoms with E-state index in [2.05, 4.69) is 0 Å². The van der Waals surface area contributed by atoms with Crippen molar-refractivity contribution in [2.75, 3.05) is 5.75 Å². The zero-order chi connectivity index (χ0) is 15.6. The maximum atomic E-state index is 12.2. The van der Waals surface area contributed by atoms with Crippen LogP contribution in [0.2, 0.25) is 15.1 Å². The van der Waals surface area contributed by atoms with Gasteiger partial charge in [-0.1, -0.05) is 46.9 Å². The Morgan fingerprint density at radius 1 is 0.905 bits per heavy atom. The Hall–Kier alpha value is -1.07. The third kappa shape index (κ3) is 3.77. The Morgan fingerprint density at radius 3 is 2.19 bits per heavy atom. The van der Waals surface area contributed by atoms with Gasteiger partial charge in [-0.25, -0.2) is 8.42 Å². The highest BCUT2D eigenvalue weighted by atomic mass is 35.5. The number of hydrogen-bond donors (Lipinski definition) is 0. The highest BCUT2D eigenvalue weighted by Crippen LogP contribution is 2.25. The summed E-state index contributed by atoms with van der Waals surface area (Å²) in [6, 6.07) is 10.2. The summed E-state index contributed by atoms with van der Waals surface area (Å²) in [5, 5.41) is 0.569. The normalized spacial score (nSPS) is 11.4. The van der Waals surface area contributed by atoms with Crippen LogP contribution in [-0.4, -0.2) is 20.0 Å². The average molecular weight is 364 g/mol. The number of halogens is 3. The molecule has 0 saturated carbocycles. The minimum absolute atomic E-state index is 0.0694. The lowest BCUT2D eigenvalue weighted by Gasteiger charge is -2.06. The van der Waals surface area contributed by atoms with Crippen LogP contribution >= 0.6 is 34.8 Å². The lowest BCUT2D eigenvalue weighted by molar-refractivity contribution is 0.102. The van der Waals surface area contributed by atoms with Crippen LogP contribution in [0.15, 0.2) is 47.4 Å². The molecular weight excluding hydrogens is 355 g/mol. The standard InChI is InChI=1S/C14H9Cl3O3S/c15-10-6-5-9(7-12(10)17)13(18)8-21(19,20)14-4-2-1-3-11(14)16/h1-7H,8H2. The molecule has 2 rings (SSSR count). The number of Topliss-reactive ketones (excluding diaryl/α,β-unsaturated/α-hetero) is 1. The van der Waals surface area contributed by atoms with Gasteiger partial charge in [-0.05, 0) is 30.3 Å². The molecule has 7 heteroatoms. The first-order valence-electron chi connectivity index (χ1n) is 5.77. The van der Waals surface area contributed by atoms with Gasteiger partial charge >= 0.3 is 0 Å². The molecule has 0 aromatic heterocycles. The van der Waals surface area contributed by atoms with Crippen LogP contribution in [0.25, 0.3) is 0 Å². The Kier molecular flexibility index (Phi) is 4.94. The van der Waals surface area contributed by atoms with Gasteiger partial charge in [-0.15, -0.1) is 0 Å². The van der Waals surface area contributed by atoms with Crippen molar-refractivity contribution in [3.05, 3.63) is 63.1 Å². The van der Waals surface area contributed by atoms with Crippen molar-refractivity contribution in [3.8, 4) is 0 Å². The molecule has 0 bridgehead atoms. The minimum atomic E-state index is -3.82. The number of rotatable bonds is 4. The van der Waals surface area contributed by atoms with Crippen molar-refractivity contribution >= 4 is 50.4 Å². The van der Waals surface area contributed by atoms with E-state index in [-0.39, 0.29) is 20.5 Å². The molecule has 0 spiro atoms. The Bertz CT molecular complexity index is 801. The van der Waals surface area contributed by atoms with Gasteiger partial charge in [0.2, 0.25) is 0 Å². The third-order valence-electron chi connectivity index (χ3n) is 2.73. The number of hydrogen-bond acceptors (Lipinski definition) is 3. The largest absolute Gasteiger partial charge is 0.293 e. The highest BCUT2D eigenvalue weighted by Gasteiger charge is 2.22. The van der Waals surface area contributed by atoms with Gasteiger partial charge in [0.15, 0.2) is 15.6 Å². The Morgan fingerprint density at radius 2 is 1.57 bits per heavy atom. The number of carbonyl (C=O) groups excluding carboxylic acids is 1. The molecular formula is C14H9Cl3O3S. The van der Waals surface area contributed by atoms with E-state index in [1.54, 1.807) is 12.1 Å². The molecule has 0 aliphatic rings. The van der Waals surface area contributed by atoms with E-state index in [0.717, 1.165) is 0 Å². The summed E-state index contributed by atoms with van der Waals surface area (Å²) in [5.74, 6) is -1.26. The Labute approximate surface area is 137 Å². The van der Waals surface area contributed by atoms with Crippen LogP contribution in [0.3, 0.4) is 0 Å². The summed E-state index contributed by atoms with van der Waals surface area (Å²) < 4.78 is 24.4. The molecule has 0 unspecified atom stereocenters. The van der Waals surface area contributed by atoms with Gasteiger partial charge in [0, 0.05) is 5.56 Å². The zero-order valence-electron chi connectivity index (χ0n) is 10.5. The quantitative estimate of drug-likeness (QED) is 0.761. The second-order valence-corrected chi connectivity index (χ2v) is 7.42. The predicted molar refractivity (Wildman–Crippen MR) is 84.3 cm³/mol. The Balaban J connectivity index is 2.30. The molecule has 2 aromatic carbocycles. The molecule has 0 radical (unpaired) electrons. The van der Waals surface area contributed by atoms with E-state index in [4.69, 9.17) is 34.8 Å². The maximum absolute atomic E-state index is 12.2. The molecule has 0 heterocycles. The second-order valence-electron chi connectivity index (χ2n) is 4.24. The first-order chi connectivity index (χ1) is 9.81. The SMILES string of the molecule is O=C(CS(=O)(=O)c1ccccc1Cl)c1ccc(Cl)c(Cl)c1. The lowest BCUT2D eigenvalue weighted by Crippen LogP contribution is -2.16. The van der Waals surface area contributed by atoms with E-state index in [9.17, 15) is 13.2 Å². The van der Waals surface area contributed by atoms with Crippen LogP contribution in [-0.2, 0) is 9.84 Å². The summed E-state index contributed by atoms with van der Waals surface area (Å²) in [4.78, 5) is 12.0. The fourth-order valence-electron chi connectivity index (χ4n) is 1.70. The molecule has 2 aromatic rings. The topological polar surface area (TPSA) is 51.2 Å². The van der Waals surface area contributed by atoms with Gasteiger partial charge in [-0.3, -0.25) is 4.79 Å². The predicted octanol–water partition coefficient (Wildman–Crippen LogP) is 4.30. The number of carbonyl (C=O) groups is 1. The van der Waals surface area contributed by atoms with Crippen molar-refractivity contribution in [1.29, 1.82) is 0 Å². The van der Waals surface area contributed by atoms with Gasteiger partial charge in [0.25, 0.3) is 0 Å². The molecule has 0 fully saturated rings. The zero-order valence-corrected chi connectivity index (χ0v) is 13.6. The summed E-state index contributed by atoms with van der Waals surface area (Å²) >= 11 is 17.4. The van der Waals surface area contributed by atoms with Crippen molar-refractivity contribution in [2.45, 2.75) is 4.90 Å². The molecule has 3 nitrogen and oxygen atoms in total. The van der Waals surface area contributed by atoms with E-state index >= 15 is 0 Å². The van der Waals surface area contributed by atoms with E-state index in [0.29, 0.717) is 5.02 Å². The molecule has 0 aliphatic heterocycles. The molecule has 0 aliphatic carbocycles. The lowest BCUT2D eigenvalue weighted by atomic mass is 10.1. The van der Waals surface area contributed by atoms with Crippen molar-refractivity contribution in [2.24, 2.45) is 0 Å². The van der Waals surface area contributed by atoms with Crippen molar-refractivity contribution in [3.63, 3.8) is 0 Å². The monoisotopic (exact) mass is 362 g/mol. The van der Waals surface area contributed by atoms with Crippen LogP contribution < -0.4 is 0 Å². The summed E-state index contributed by atoms with van der Waals surface area (Å²) in [6.45, 7) is 0. The van der Waals surface area contributed by atoms with E-state index in [1.807, 2.05) is 0 Å². The molecule has 0 saturated heterocycles. The molecule has 21 heavy (non-hydrogen) atoms. The van der Waals surface area contributed by atoms with Gasteiger partial charge in [0.05, 0.1) is 20.0 Å². The highest BCUT2D eigenvalue weighted by molar-refractivity contribution is 7.92. The van der Waals surface area contributed by atoms with Gasteiger partial charge < -0.3 is 0 Å². The number of benzene rings is 2.